The lowest BCUT2D eigenvalue weighted by molar-refractivity contribution is -0.119. The third-order valence-corrected chi connectivity index (χ3v) is 4.74. The highest BCUT2D eigenvalue weighted by atomic mass is 32.1. The van der Waals surface area contributed by atoms with Crippen molar-refractivity contribution in [2.45, 2.75) is 33.4 Å². The maximum absolute atomic E-state index is 12.5. The van der Waals surface area contributed by atoms with Gasteiger partial charge in [0.15, 0.2) is 6.10 Å². The third-order valence-electron chi connectivity index (χ3n) is 3.64. The van der Waals surface area contributed by atoms with Gasteiger partial charge in [0.25, 0.3) is 0 Å². The Bertz CT molecular complexity index is 827. The smallest absolute Gasteiger partial charge is 0.342 e. The largest absolute Gasteiger partial charge is 0.496 e. The molecule has 1 heterocycles. The minimum Gasteiger partial charge on any atom is -0.496 e. The summed E-state index contributed by atoms with van der Waals surface area (Å²) in [6.07, 6.45) is -0.931. The van der Waals surface area contributed by atoms with Crippen molar-refractivity contribution in [2.24, 2.45) is 0 Å². The van der Waals surface area contributed by atoms with Crippen LogP contribution >= 0.6 is 11.3 Å². The molecular formula is C19H21NO5S. The summed E-state index contributed by atoms with van der Waals surface area (Å²) in [5.74, 6) is -0.639. The molecule has 0 aliphatic carbocycles. The average Bonchev–Trinajstić information content (AvgIpc) is 3.08. The van der Waals surface area contributed by atoms with Crippen LogP contribution in [0, 0.1) is 6.92 Å². The van der Waals surface area contributed by atoms with Gasteiger partial charge in [0, 0.05) is 11.8 Å². The topological polar surface area (TPSA) is 81.7 Å². The van der Waals surface area contributed by atoms with Gasteiger partial charge >= 0.3 is 5.97 Å². The lowest BCUT2D eigenvalue weighted by atomic mass is 10.1. The minimum absolute atomic E-state index is 0.138. The Morgan fingerprint density at radius 3 is 2.58 bits per heavy atom. The fourth-order valence-electron chi connectivity index (χ4n) is 2.28. The van der Waals surface area contributed by atoms with Crippen LogP contribution in [0.3, 0.4) is 0 Å². The van der Waals surface area contributed by atoms with Gasteiger partial charge in [-0.15, -0.1) is 11.3 Å². The van der Waals surface area contributed by atoms with Gasteiger partial charge in [-0.3, -0.25) is 9.59 Å². The number of methoxy groups -OCH3 is 1. The molecule has 0 fully saturated rings. The van der Waals surface area contributed by atoms with Gasteiger partial charge in [0.2, 0.25) is 11.7 Å². The number of hydrogen-bond donors (Lipinski definition) is 1. The lowest BCUT2D eigenvalue weighted by Crippen LogP contribution is -2.24. The molecule has 0 aliphatic rings. The lowest BCUT2D eigenvalue weighted by Gasteiger charge is -2.13. The molecule has 6 nitrogen and oxygen atoms in total. The Hall–Kier alpha value is -2.67. The Balaban J connectivity index is 2.06. The number of ether oxygens (including phenoxy) is 2. The predicted octanol–water partition coefficient (Wildman–Crippen LogP) is 3.13. The van der Waals surface area contributed by atoms with Gasteiger partial charge < -0.3 is 14.8 Å². The number of nitrogens with one attached hydrogen (secondary N) is 1. The number of carbonyl (C=O) groups is 3. The first-order valence-corrected chi connectivity index (χ1v) is 8.86. The molecule has 7 heteroatoms. The number of rotatable bonds is 7. The number of carbonyl (C=O) groups excluding carboxylic acids is 3. The summed E-state index contributed by atoms with van der Waals surface area (Å²) < 4.78 is 10.5. The summed E-state index contributed by atoms with van der Waals surface area (Å²) in [6.45, 7) is 5.19. The van der Waals surface area contributed by atoms with E-state index < -0.39 is 12.1 Å². The fourth-order valence-corrected chi connectivity index (χ4v) is 3.24. The van der Waals surface area contributed by atoms with Gasteiger partial charge in [0.1, 0.15) is 11.3 Å². The van der Waals surface area contributed by atoms with Crippen molar-refractivity contribution in [3.63, 3.8) is 0 Å². The highest BCUT2D eigenvalue weighted by Gasteiger charge is 2.23. The van der Waals surface area contributed by atoms with E-state index in [4.69, 9.17) is 9.47 Å². The first kappa shape index (κ1) is 19.7. The molecule has 0 aliphatic heterocycles. The Kier molecular flexibility index (Phi) is 6.52. The van der Waals surface area contributed by atoms with Crippen LogP contribution in [0.4, 0.5) is 0 Å². The molecule has 26 heavy (non-hydrogen) atoms. The van der Waals surface area contributed by atoms with E-state index in [1.54, 1.807) is 24.3 Å². The van der Waals surface area contributed by atoms with Crippen LogP contribution in [0.2, 0.25) is 0 Å². The summed E-state index contributed by atoms with van der Waals surface area (Å²) in [6, 6.07) is 8.61. The van der Waals surface area contributed by atoms with Crippen molar-refractivity contribution >= 4 is 29.0 Å². The van der Waals surface area contributed by atoms with Gasteiger partial charge in [-0.05, 0) is 38.1 Å². The highest BCUT2D eigenvalue weighted by Crippen LogP contribution is 2.23. The van der Waals surface area contributed by atoms with Gasteiger partial charge in [-0.25, -0.2) is 4.79 Å². The Labute approximate surface area is 156 Å². The molecule has 0 saturated heterocycles. The minimum atomic E-state index is -0.931. The van der Waals surface area contributed by atoms with E-state index in [0.717, 1.165) is 10.4 Å². The second kappa shape index (κ2) is 8.62. The maximum atomic E-state index is 12.5. The first-order valence-electron chi connectivity index (χ1n) is 8.04. The number of thiophene rings is 1. The van der Waals surface area contributed by atoms with E-state index in [0.29, 0.717) is 17.2 Å². The number of Topliss-reactive ketones (excluding diaryl/α,β-unsaturated/α-hetero) is 1. The van der Waals surface area contributed by atoms with Crippen LogP contribution in [-0.2, 0) is 16.1 Å². The third kappa shape index (κ3) is 4.92. The van der Waals surface area contributed by atoms with Gasteiger partial charge in [-0.2, -0.15) is 0 Å². The van der Waals surface area contributed by atoms with Crippen molar-refractivity contribution in [2.75, 3.05) is 7.11 Å². The molecule has 1 unspecified atom stereocenters. The van der Waals surface area contributed by atoms with Crippen LogP contribution < -0.4 is 10.1 Å². The molecule has 138 valence electrons. The van der Waals surface area contributed by atoms with E-state index in [9.17, 15) is 14.4 Å². The van der Waals surface area contributed by atoms with Crippen molar-refractivity contribution in [1.29, 1.82) is 0 Å². The number of hydrogen-bond acceptors (Lipinski definition) is 6. The van der Waals surface area contributed by atoms with Gasteiger partial charge in [0.05, 0.1) is 18.5 Å². The van der Waals surface area contributed by atoms with Crippen LogP contribution in [0.5, 0.6) is 5.75 Å². The predicted molar refractivity (Wildman–Crippen MR) is 98.8 cm³/mol. The molecule has 1 aromatic heterocycles. The second-order valence-electron chi connectivity index (χ2n) is 5.79. The first-order chi connectivity index (χ1) is 12.3. The Morgan fingerprint density at radius 1 is 1.19 bits per heavy atom. The summed E-state index contributed by atoms with van der Waals surface area (Å²) in [7, 11) is 1.47. The summed E-state index contributed by atoms with van der Waals surface area (Å²) >= 11 is 1.26. The van der Waals surface area contributed by atoms with Crippen molar-refractivity contribution in [3.8, 4) is 5.75 Å². The molecule has 2 rings (SSSR count). The van der Waals surface area contributed by atoms with Crippen LogP contribution in [0.1, 0.15) is 44.3 Å². The number of esters is 1. The zero-order valence-electron chi connectivity index (χ0n) is 15.1. The molecule has 0 saturated carbocycles. The highest BCUT2D eigenvalue weighted by molar-refractivity contribution is 7.14. The van der Waals surface area contributed by atoms with E-state index in [2.05, 4.69) is 5.32 Å². The zero-order valence-corrected chi connectivity index (χ0v) is 15.9. The molecule has 0 bridgehead atoms. The molecule has 1 amide bonds. The maximum Gasteiger partial charge on any atom is 0.342 e. The standard InChI is InChI=1S/C19H21NO5S/c1-11-5-7-16(24-4)15(9-11)19(23)25-12(2)18(22)17-8-6-14(26-17)10-20-13(3)21/h5-9,12H,10H2,1-4H3,(H,20,21). The normalized spacial score (nSPS) is 11.5. The molecule has 0 spiro atoms. The van der Waals surface area contributed by atoms with Crippen LogP contribution in [-0.4, -0.2) is 30.9 Å². The van der Waals surface area contributed by atoms with Crippen LogP contribution in [0.25, 0.3) is 0 Å². The van der Waals surface area contributed by atoms with Crippen molar-refractivity contribution in [3.05, 3.63) is 51.2 Å². The molecule has 1 N–H and O–H groups in total. The number of ketones is 1. The zero-order chi connectivity index (χ0) is 19.3. The molecule has 0 radical (unpaired) electrons. The van der Waals surface area contributed by atoms with E-state index in [-0.39, 0.29) is 17.3 Å². The fraction of sp³-hybridized carbons (Fsp3) is 0.316. The Morgan fingerprint density at radius 2 is 1.92 bits per heavy atom. The quantitative estimate of drug-likeness (QED) is 0.594. The number of benzene rings is 1. The summed E-state index contributed by atoms with van der Waals surface area (Å²) in [4.78, 5) is 37.2. The monoisotopic (exact) mass is 375 g/mol. The SMILES string of the molecule is COc1ccc(C)cc1C(=O)OC(C)C(=O)c1ccc(CNC(C)=O)s1. The summed E-state index contributed by atoms with van der Waals surface area (Å²) in [5, 5.41) is 2.68. The van der Waals surface area contributed by atoms with E-state index in [1.807, 2.05) is 13.0 Å². The number of aryl methyl sites for hydroxylation is 1. The molecule has 1 aromatic carbocycles. The molecular weight excluding hydrogens is 354 g/mol. The second-order valence-corrected chi connectivity index (χ2v) is 6.96. The van der Waals surface area contributed by atoms with E-state index >= 15 is 0 Å². The van der Waals surface area contributed by atoms with E-state index in [1.165, 1.54) is 32.3 Å². The van der Waals surface area contributed by atoms with Crippen LogP contribution in [0.15, 0.2) is 30.3 Å². The van der Waals surface area contributed by atoms with Crippen molar-refractivity contribution < 1.29 is 23.9 Å². The molecule has 1 atom stereocenters. The average molecular weight is 375 g/mol. The van der Waals surface area contributed by atoms with Gasteiger partial charge in [-0.1, -0.05) is 11.6 Å². The summed E-state index contributed by atoms with van der Waals surface area (Å²) in [5.41, 5.74) is 1.17. The molecule has 2 aromatic rings. The van der Waals surface area contributed by atoms with Crippen molar-refractivity contribution in [1.82, 2.24) is 5.32 Å². The number of amides is 1.